The minimum atomic E-state index is 0.147. The van der Waals surface area contributed by atoms with E-state index >= 15 is 0 Å². The van der Waals surface area contributed by atoms with E-state index < -0.39 is 0 Å². The van der Waals surface area contributed by atoms with Crippen molar-refractivity contribution in [2.75, 3.05) is 31.1 Å². The van der Waals surface area contributed by atoms with Gasteiger partial charge in [0, 0.05) is 62.3 Å². The number of likely N-dealkylation sites (tertiary alicyclic amines) is 1. The first-order valence-corrected chi connectivity index (χ1v) is 9.83. The topological polar surface area (TPSA) is 41.4 Å². The summed E-state index contributed by atoms with van der Waals surface area (Å²) in [6.07, 6.45) is 5.90. The van der Waals surface area contributed by atoms with Gasteiger partial charge in [0.2, 0.25) is 0 Å². The standard InChI is InChI=1S/C21H30N4O/c1-4-23(5-2)19-9-7-18(8-10-19)21(26)25-14-11-17(12-15-25)20-22-13-16-24(20)6-3/h7-10,13,16-17H,4-6,11-12,14-15H2,1-3H3. The molecule has 2 heterocycles. The largest absolute Gasteiger partial charge is 0.372 e. The molecule has 0 bridgehead atoms. The lowest BCUT2D eigenvalue weighted by atomic mass is 9.95. The SMILES string of the molecule is CCN(CC)c1ccc(C(=O)N2CCC(c3nccn3CC)CC2)cc1. The molecule has 1 aromatic carbocycles. The molecule has 0 saturated carbocycles. The van der Waals surface area contributed by atoms with Crippen molar-refractivity contribution < 1.29 is 4.79 Å². The second-order valence-corrected chi connectivity index (χ2v) is 6.86. The molecule has 0 radical (unpaired) electrons. The van der Waals surface area contributed by atoms with Crippen LogP contribution in [0.5, 0.6) is 0 Å². The number of piperidine rings is 1. The van der Waals surface area contributed by atoms with E-state index in [1.165, 1.54) is 11.5 Å². The number of aromatic nitrogens is 2. The number of anilines is 1. The fourth-order valence-electron chi connectivity index (χ4n) is 3.87. The highest BCUT2D eigenvalue weighted by Crippen LogP contribution is 2.28. The van der Waals surface area contributed by atoms with Crippen LogP contribution in [0.1, 0.15) is 55.7 Å². The Balaban J connectivity index is 1.61. The maximum atomic E-state index is 12.8. The molecule has 1 aliphatic rings. The van der Waals surface area contributed by atoms with E-state index in [-0.39, 0.29) is 5.91 Å². The summed E-state index contributed by atoms with van der Waals surface area (Å²) in [5.74, 6) is 1.77. The van der Waals surface area contributed by atoms with Crippen molar-refractivity contribution in [2.24, 2.45) is 0 Å². The fourth-order valence-corrected chi connectivity index (χ4v) is 3.87. The van der Waals surface area contributed by atoms with Crippen molar-refractivity contribution >= 4 is 11.6 Å². The highest BCUT2D eigenvalue weighted by atomic mass is 16.2. The molecule has 1 saturated heterocycles. The Labute approximate surface area is 156 Å². The molecule has 0 spiro atoms. The molecule has 0 unspecified atom stereocenters. The molecule has 2 aromatic rings. The third-order valence-corrected chi connectivity index (χ3v) is 5.48. The molecule has 0 N–H and O–H groups in total. The predicted octanol–water partition coefficient (Wildman–Crippen LogP) is 3.77. The average Bonchev–Trinajstić information content (AvgIpc) is 3.18. The van der Waals surface area contributed by atoms with Crippen LogP contribution in [0.4, 0.5) is 5.69 Å². The summed E-state index contributed by atoms with van der Waals surface area (Å²) >= 11 is 0. The smallest absolute Gasteiger partial charge is 0.253 e. The quantitative estimate of drug-likeness (QED) is 0.793. The number of carbonyl (C=O) groups is 1. The van der Waals surface area contributed by atoms with Crippen LogP contribution in [0.2, 0.25) is 0 Å². The molecule has 0 atom stereocenters. The summed E-state index contributed by atoms with van der Waals surface area (Å²) in [4.78, 5) is 21.6. The first-order chi connectivity index (χ1) is 12.7. The normalized spacial score (nSPS) is 15.3. The fraction of sp³-hybridized carbons (Fsp3) is 0.524. The van der Waals surface area contributed by atoms with E-state index in [0.29, 0.717) is 5.92 Å². The summed E-state index contributed by atoms with van der Waals surface area (Å²) in [7, 11) is 0. The maximum Gasteiger partial charge on any atom is 0.253 e. The van der Waals surface area contributed by atoms with Crippen LogP contribution in [0.3, 0.4) is 0 Å². The van der Waals surface area contributed by atoms with E-state index in [1.807, 2.05) is 29.4 Å². The zero-order valence-corrected chi connectivity index (χ0v) is 16.2. The monoisotopic (exact) mass is 354 g/mol. The molecule has 1 fully saturated rings. The van der Waals surface area contributed by atoms with E-state index in [9.17, 15) is 4.79 Å². The number of carbonyl (C=O) groups excluding carboxylic acids is 1. The van der Waals surface area contributed by atoms with Crippen LogP contribution >= 0.6 is 0 Å². The van der Waals surface area contributed by atoms with Crippen molar-refractivity contribution in [1.82, 2.24) is 14.5 Å². The predicted molar refractivity (Wildman–Crippen MR) is 106 cm³/mol. The summed E-state index contributed by atoms with van der Waals surface area (Å²) in [5, 5.41) is 0. The molecule has 26 heavy (non-hydrogen) atoms. The number of hydrogen-bond acceptors (Lipinski definition) is 3. The molecule has 1 amide bonds. The van der Waals surface area contributed by atoms with Gasteiger partial charge in [-0.25, -0.2) is 4.98 Å². The van der Waals surface area contributed by atoms with E-state index in [1.54, 1.807) is 0 Å². The van der Waals surface area contributed by atoms with Crippen LogP contribution in [0.25, 0.3) is 0 Å². The third kappa shape index (κ3) is 3.76. The maximum absolute atomic E-state index is 12.8. The molecular weight excluding hydrogens is 324 g/mol. The van der Waals surface area contributed by atoms with Gasteiger partial charge in [-0.15, -0.1) is 0 Å². The van der Waals surface area contributed by atoms with Gasteiger partial charge in [0.1, 0.15) is 5.82 Å². The average molecular weight is 354 g/mol. The van der Waals surface area contributed by atoms with Crippen molar-refractivity contribution in [1.29, 1.82) is 0 Å². The number of hydrogen-bond donors (Lipinski definition) is 0. The van der Waals surface area contributed by atoms with Gasteiger partial charge >= 0.3 is 0 Å². The van der Waals surface area contributed by atoms with Crippen molar-refractivity contribution in [3.05, 3.63) is 48.0 Å². The van der Waals surface area contributed by atoms with Gasteiger partial charge in [0.15, 0.2) is 0 Å². The second kappa shape index (κ2) is 8.39. The number of aryl methyl sites for hydroxylation is 1. The molecule has 3 rings (SSSR count). The Kier molecular flexibility index (Phi) is 5.96. The number of rotatable bonds is 6. The van der Waals surface area contributed by atoms with Gasteiger partial charge in [-0.05, 0) is 57.9 Å². The lowest BCUT2D eigenvalue weighted by molar-refractivity contribution is 0.0710. The molecule has 140 valence electrons. The van der Waals surface area contributed by atoms with E-state index in [2.05, 4.69) is 47.4 Å². The Hall–Kier alpha value is -2.30. The molecule has 5 heteroatoms. The lowest BCUT2D eigenvalue weighted by Gasteiger charge is -2.32. The van der Waals surface area contributed by atoms with Gasteiger partial charge in [0.05, 0.1) is 0 Å². The van der Waals surface area contributed by atoms with Crippen LogP contribution in [0, 0.1) is 0 Å². The van der Waals surface area contributed by atoms with E-state index in [0.717, 1.165) is 51.1 Å². The first kappa shape index (κ1) is 18.5. The molecular formula is C21H30N4O. The zero-order chi connectivity index (χ0) is 18.5. The Morgan fingerprint density at radius 2 is 1.77 bits per heavy atom. The minimum absolute atomic E-state index is 0.147. The van der Waals surface area contributed by atoms with Crippen molar-refractivity contribution in [3.63, 3.8) is 0 Å². The van der Waals surface area contributed by atoms with Crippen molar-refractivity contribution in [3.8, 4) is 0 Å². The highest BCUT2D eigenvalue weighted by Gasteiger charge is 2.26. The molecule has 5 nitrogen and oxygen atoms in total. The van der Waals surface area contributed by atoms with Gasteiger partial charge < -0.3 is 14.4 Å². The second-order valence-electron chi connectivity index (χ2n) is 6.86. The van der Waals surface area contributed by atoms with Crippen LogP contribution in [-0.4, -0.2) is 46.5 Å². The summed E-state index contributed by atoms with van der Waals surface area (Å²) < 4.78 is 2.22. The number of benzene rings is 1. The summed E-state index contributed by atoms with van der Waals surface area (Å²) in [5.41, 5.74) is 1.96. The molecule has 1 aliphatic heterocycles. The zero-order valence-electron chi connectivity index (χ0n) is 16.2. The van der Waals surface area contributed by atoms with Crippen molar-refractivity contribution in [2.45, 2.75) is 46.1 Å². The van der Waals surface area contributed by atoms with Crippen LogP contribution < -0.4 is 4.90 Å². The van der Waals surface area contributed by atoms with Crippen LogP contribution in [-0.2, 0) is 6.54 Å². The Morgan fingerprint density at radius 1 is 1.12 bits per heavy atom. The number of imidazole rings is 1. The third-order valence-electron chi connectivity index (χ3n) is 5.48. The Morgan fingerprint density at radius 3 is 2.35 bits per heavy atom. The number of nitrogens with zero attached hydrogens (tertiary/aromatic N) is 4. The number of amides is 1. The lowest BCUT2D eigenvalue weighted by Crippen LogP contribution is -2.38. The van der Waals surface area contributed by atoms with Gasteiger partial charge in [-0.3, -0.25) is 4.79 Å². The van der Waals surface area contributed by atoms with E-state index in [4.69, 9.17) is 0 Å². The minimum Gasteiger partial charge on any atom is -0.372 e. The highest BCUT2D eigenvalue weighted by molar-refractivity contribution is 5.94. The van der Waals surface area contributed by atoms with Gasteiger partial charge in [-0.1, -0.05) is 0 Å². The van der Waals surface area contributed by atoms with Gasteiger partial charge in [-0.2, -0.15) is 0 Å². The summed E-state index contributed by atoms with van der Waals surface area (Å²) in [6.45, 7) is 11.0. The molecule has 0 aliphatic carbocycles. The first-order valence-electron chi connectivity index (χ1n) is 9.83. The molecule has 1 aromatic heterocycles. The van der Waals surface area contributed by atoms with Gasteiger partial charge in [0.25, 0.3) is 5.91 Å². The van der Waals surface area contributed by atoms with Crippen LogP contribution in [0.15, 0.2) is 36.7 Å². The summed E-state index contributed by atoms with van der Waals surface area (Å²) in [6, 6.07) is 8.05. The Bertz CT molecular complexity index is 710.